The second-order valence-corrected chi connectivity index (χ2v) is 6.85. The molecule has 138 valence electrons. The maximum Gasteiger partial charge on any atom is 0.277 e. The maximum absolute atomic E-state index is 11.8. The monoisotopic (exact) mass is 392 g/mol. The lowest BCUT2D eigenvalue weighted by Gasteiger charge is -2.11. The molecule has 0 bridgehead atoms. The van der Waals surface area contributed by atoms with E-state index in [1.807, 2.05) is 24.3 Å². The minimum atomic E-state index is -0.352. The lowest BCUT2D eigenvalue weighted by molar-refractivity contribution is -0.123. The van der Waals surface area contributed by atoms with Gasteiger partial charge in [0.25, 0.3) is 5.91 Å². The highest BCUT2D eigenvalue weighted by atomic mass is 35.5. The second kappa shape index (κ2) is 10.2. The first-order valence-corrected chi connectivity index (χ1v) is 9.25. The molecule has 6 heteroatoms. The molecule has 0 aliphatic heterocycles. The number of hydrogen-bond donors (Lipinski definition) is 1. The lowest BCUT2D eigenvalue weighted by atomic mass is 9.97. The van der Waals surface area contributed by atoms with Crippen molar-refractivity contribution in [2.24, 2.45) is 5.10 Å². The van der Waals surface area contributed by atoms with E-state index in [0.29, 0.717) is 27.3 Å². The van der Waals surface area contributed by atoms with Crippen LogP contribution in [-0.4, -0.2) is 18.7 Å². The molecular weight excluding hydrogens is 371 g/mol. The minimum Gasteiger partial charge on any atom is -0.484 e. The van der Waals surface area contributed by atoms with Gasteiger partial charge >= 0.3 is 0 Å². The van der Waals surface area contributed by atoms with Crippen molar-refractivity contribution in [3.63, 3.8) is 0 Å². The Morgan fingerprint density at radius 1 is 1.23 bits per heavy atom. The summed E-state index contributed by atoms with van der Waals surface area (Å²) < 4.78 is 5.48. The normalized spacial score (nSPS) is 12.2. The third kappa shape index (κ3) is 6.36. The number of carbonyl (C=O) groups excluding carboxylic acids is 1. The molecule has 0 radical (unpaired) electrons. The van der Waals surface area contributed by atoms with Crippen LogP contribution in [0.4, 0.5) is 0 Å². The molecule has 2 rings (SSSR count). The Labute approximate surface area is 164 Å². The first kappa shape index (κ1) is 20.3. The highest BCUT2D eigenvalue weighted by molar-refractivity contribution is 6.36. The van der Waals surface area contributed by atoms with Crippen LogP contribution in [0.5, 0.6) is 5.75 Å². The highest BCUT2D eigenvalue weighted by Gasteiger charge is 2.06. The molecule has 0 spiro atoms. The van der Waals surface area contributed by atoms with Crippen LogP contribution in [0.1, 0.15) is 43.7 Å². The van der Waals surface area contributed by atoms with Gasteiger partial charge < -0.3 is 4.74 Å². The summed E-state index contributed by atoms with van der Waals surface area (Å²) in [6.45, 7) is 4.27. The SMILES string of the molecule is CCCC(C)c1ccc(OCC(=O)NN=Cc2ccc(Cl)cc2Cl)cc1. The molecular formula is C20H22Cl2N2O2. The van der Waals surface area contributed by atoms with E-state index in [9.17, 15) is 4.79 Å². The van der Waals surface area contributed by atoms with Gasteiger partial charge in [-0.3, -0.25) is 4.79 Å². The molecule has 0 saturated heterocycles. The summed E-state index contributed by atoms with van der Waals surface area (Å²) in [6.07, 6.45) is 3.76. The van der Waals surface area contributed by atoms with E-state index in [-0.39, 0.29) is 12.5 Å². The van der Waals surface area contributed by atoms with Crippen LogP contribution < -0.4 is 10.2 Å². The van der Waals surface area contributed by atoms with Crippen molar-refractivity contribution in [3.8, 4) is 5.75 Å². The molecule has 4 nitrogen and oxygen atoms in total. The number of amides is 1. The number of carbonyl (C=O) groups is 1. The fourth-order valence-corrected chi connectivity index (χ4v) is 2.91. The largest absolute Gasteiger partial charge is 0.484 e. The van der Waals surface area contributed by atoms with Gasteiger partial charge in [-0.1, -0.05) is 61.7 Å². The Morgan fingerprint density at radius 3 is 2.62 bits per heavy atom. The summed E-state index contributed by atoms with van der Waals surface area (Å²) in [7, 11) is 0. The number of benzene rings is 2. The Hall–Kier alpha value is -2.04. The number of hydrogen-bond acceptors (Lipinski definition) is 3. The summed E-state index contributed by atoms with van der Waals surface area (Å²) in [5, 5.41) is 4.87. The Kier molecular flexibility index (Phi) is 7.95. The standard InChI is InChI=1S/C20H22Cl2N2O2/c1-3-4-14(2)15-6-9-18(10-7-15)26-13-20(25)24-23-12-16-5-8-17(21)11-19(16)22/h5-12,14H,3-4,13H2,1-2H3,(H,24,25). The van der Waals surface area contributed by atoms with Gasteiger partial charge in [-0.15, -0.1) is 0 Å². The lowest BCUT2D eigenvalue weighted by Crippen LogP contribution is -2.24. The van der Waals surface area contributed by atoms with Crippen molar-refractivity contribution in [2.75, 3.05) is 6.61 Å². The molecule has 0 saturated carbocycles. The van der Waals surface area contributed by atoms with Gasteiger partial charge in [0.05, 0.1) is 11.2 Å². The Bertz CT molecular complexity index is 761. The number of hydrazone groups is 1. The topological polar surface area (TPSA) is 50.7 Å². The molecule has 26 heavy (non-hydrogen) atoms. The first-order valence-electron chi connectivity index (χ1n) is 8.49. The van der Waals surface area contributed by atoms with E-state index in [4.69, 9.17) is 27.9 Å². The summed E-state index contributed by atoms with van der Waals surface area (Å²) >= 11 is 11.9. The van der Waals surface area contributed by atoms with Gasteiger partial charge in [-0.2, -0.15) is 5.10 Å². The van der Waals surface area contributed by atoms with Crippen LogP contribution in [0.3, 0.4) is 0 Å². The van der Waals surface area contributed by atoms with E-state index in [1.54, 1.807) is 18.2 Å². The van der Waals surface area contributed by atoms with E-state index in [1.165, 1.54) is 11.8 Å². The number of nitrogens with one attached hydrogen (secondary N) is 1. The predicted molar refractivity (Wildman–Crippen MR) is 107 cm³/mol. The van der Waals surface area contributed by atoms with Crippen molar-refractivity contribution in [1.82, 2.24) is 5.43 Å². The van der Waals surface area contributed by atoms with E-state index in [2.05, 4.69) is 24.4 Å². The van der Waals surface area contributed by atoms with E-state index in [0.717, 1.165) is 12.8 Å². The number of halogens is 2. The molecule has 2 aromatic rings. The summed E-state index contributed by atoms with van der Waals surface area (Å²) in [5.41, 5.74) is 4.34. The van der Waals surface area contributed by atoms with Crippen molar-refractivity contribution < 1.29 is 9.53 Å². The summed E-state index contributed by atoms with van der Waals surface area (Å²) in [6, 6.07) is 12.9. The van der Waals surface area contributed by atoms with Crippen molar-refractivity contribution in [2.45, 2.75) is 32.6 Å². The molecule has 1 N–H and O–H groups in total. The Balaban J connectivity index is 1.80. The van der Waals surface area contributed by atoms with Gasteiger partial charge in [-0.05, 0) is 42.2 Å². The molecule has 0 aliphatic carbocycles. The van der Waals surface area contributed by atoms with Gasteiger partial charge in [0, 0.05) is 10.6 Å². The zero-order chi connectivity index (χ0) is 18.9. The van der Waals surface area contributed by atoms with Gasteiger partial charge in [-0.25, -0.2) is 5.43 Å². The molecule has 1 unspecified atom stereocenters. The van der Waals surface area contributed by atoms with Crippen molar-refractivity contribution >= 4 is 35.3 Å². The van der Waals surface area contributed by atoms with Crippen molar-refractivity contribution in [1.29, 1.82) is 0 Å². The van der Waals surface area contributed by atoms with Gasteiger partial charge in [0.2, 0.25) is 0 Å². The fourth-order valence-electron chi connectivity index (χ4n) is 2.45. The fraction of sp³-hybridized carbons (Fsp3) is 0.300. The average molecular weight is 393 g/mol. The molecule has 0 aromatic heterocycles. The molecule has 2 aromatic carbocycles. The van der Waals surface area contributed by atoms with Crippen LogP contribution >= 0.6 is 23.2 Å². The zero-order valence-electron chi connectivity index (χ0n) is 14.8. The minimum absolute atomic E-state index is 0.116. The maximum atomic E-state index is 11.8. The zero-order valence-corrected chi connectivity index (χ0v) is 16.3. The number of ether oxygens (including phenoxy) is 1. The van der Waals surface area contributed by atoms with Crippen LogP contribution in [0.25, 0.3) is 0 Å². The van der Waals surface area contributed by atoms with Gasteiger partial charge in [0.15, 0.2) is 6.61 Å². The third-order valence-electron chi connectivity index (χ3n) is 3.90. The van der Waals surface area contributed by atoms with Crippen LogP contribution in [-0.2, 0) is 4.79 Å². The summed E-state index contributed by atoms with van der Waals surface area (Å²) in [4.78, 5) is 11.8. The highest BCUT2D eigenvalue weighted by Crippen LogP contribution is 2.23. The molecule has 0 heterocycles. The average Bonchev–Trinajstić information content (AvgIpc) is 2.62. The smallest absolute Gasteiger partial charge is 0.277 e. The van der Waals surface area contributed by atoms with Crippen LogP contribution in [0.15, 0.2) is 47.6 Å². The van der Waals surface area contributed by atoms with Crippen LogP contribution in [0.2, 0.25) is 10.0 Å². The van der Waals surface area contributed by atoms with E-state index < -0.39 is 0 Å². The van der Waals surface area contributed by atoms with Gasteiger partial charge in [0.1, 0.15) is 5.75 Å². The van der Waals surface area contributed by atoms with Crippen molar-refractivity contribution in [3.05, 3.63) is 63.6 Å². The third-order valence-corrected chi connectivity index (χ3v) is 4.46. The Morgan fingerprint density at radius 2 is 1.96 bits per heavy atom. The number of nitrogens with zero attached hydrogens (tertiary/aromatic N) is 1. The molecule has 1 atom stereocenters. The quantitative estimate of drug-likeness (QED) is 0.481. The predicted octanol–water partition coefficient (Wildman–Crippen LogP) is 5.43. The summed E-state index contributed by atoms with van der Waals surface area (Å²) in [5.74, 6) is 0.818. The number of rotatable bonds is 8. The van der Waals surface area contributed by atoms with E-state index >= 15 is 0 Å². The molecule has 1 amide bonds. The second-order valence-electron chi connectivity index (χ2n) is 6.01. The molecule has 0 fully saturated rings. The molecule has 0 aliphatic rings. The first-order chi connectivity index (χ1) is 12.5. The van der Waals surface area contributed by atoms with Crippen LogP contribution in [0, 0.1) is 0 Å².